The Hall–Kier alpha value is -4.02. The maximum Gasteiger partial charge on any atom is 0.224 e. The fraction of sp³-hybridized carbons (Fsp3) is 0.235. The number of benzene rings is 4. The van der Waals surface area contributed by atoms with Crippen molar-refractivity contribution in [2.75, 3.05) is 11.9 Å². The first-order valence-corrected chi connectivity index (χ1v) is 13.4. The lowest BCUT2D eigenvalue weighted by atomic mass is 9.80. The Bertz CT molecular complexity index is 1160. The van der Waals surface area contributed by atoms with E-state index in [1.165, 1.54) is 0 Å². The van der Waals surface area contributed by atoms with Crippen LogP contribution >= 0.6 is 0 Å². The van der Waals surface area contributed by atoms with Crippen LogP contribution in [0.4, 0.5) is 5.69 Å². The van der Waals surface area contributed by atoms with Crippen LogP contribution in [0.5, 0.6) is 0 Å². The molecule has 4 nitrogen and oxygen atoms in total. The van der Waals surface area contributed by atoms with Gasteiger partial charge in [0.25, 0.3) is 0 Å². The molecule has 0 fully saturated rings. The minimum Gasteiger partial charge on any atom is -0.353 e. The van der Waals surface area contributed by atoms with Gasteiger partial charge in [-0.3, -0.25) is 9.59 Å². The molecule has 0 unspecified atom stereocenters. The molecule has 4 aromatic rings. The second kappa shape index (κ2) is 14.1. The Morgan fingerprint density at radius 1 is 0.553 bits per heavy atom. The van der Waals surface area contributed by atoms with Gasteiger partial charge in [-0.1, -0.05) is 122 Å². The number of carbonyl (C=O) groups is 2. The fourth-order valence-corrected chi connectivity index (χ4v) is 4.74. The van der Waals surface area contributed by atoms with Crippen LogP contribution in [-0.2, 0) is 19.9 Å². The third kappa shape index (κ3) is 7.27. The molecule has 0 aromatic heterocycles. The molecule has 0 saturated heterocycles. The van der Waals surface area contributed by atoms with E-state index in [2.05, 4.69) is 41.7 Å². The number of unbranched alkanes of at least 4 members (excludes halogenated alkanes) is 3. The molecule has 1 amide bonds. The van der Waals surface area contributed by atoms with Gasteiger partial charge in [-0.05, 0) is 41.7 Å². The number of Topliss-reactive ketones (excluding diaryl/α,β-unsaturated/α-hetero) is 1. The zero-order valence-electron chi connectivity index (χ0n) is 21.7. The Kier molecular flexibility index (Phi) is 10.00. The summed E-state index contributed by atoms with van der Waals surface area (Å²) in [6, 6.07) is 39.8. The van der Waals surface area contributed by atoms with Crippen molar-refractivity contribution in [2.24, 2.45) is 0 Å². The molecule has 0 spiro atoms. The molecule has 4 heteroatoms. The van der Waals surface area contributed by atoms with Gasteiger partial charge in [0.15, 0.2) is 5.78 Å². The average Bonchev–Trinajstić information content (AvgIpc) is 2.97. The summed E-state index contributed by atoms with van der Waals surface area (Å²) in [5.41, 5.74) is 2.89. The third-order valence-electron chi connectivity index (χ3n) is 6.66. The summed E-state index contributed by atoms with van der Waals surface area (Å²) in [6.07, 6.45) is 4.37. The summed E-state index contributed by atoms with van der Waals surface area (Å²) in [7, 11) is 0. The van der Waals surface area contributed by atoms with Crippen LogP contribution in [0.2, 0.25) is 0 Å². The van der Waals surface area contributed by atoms with Crippen LogP contribution in [0.25, 0.3) is 0 Å². The fourth-order valence-electron chi connectivity index (χ4n) is 4.74. The molecule has 0 saturated carbocycles. The topological polar surface area (TPSA) is 55.4 Å². The lowest BCUT2D eigenvalue weighted by Crippen LogP contribution is -2.34. The predicted molar refractivity (Wildman–Crippen MR) is 153 cm³/mol. The monoisotopic (exact) mass is 505 g/mol. The zero-order chi connectivity index (χ0) is 26.5. The zero-order valence-corrected chi connectivity index (χ0v) is 21.7. The number of rotatable bonds is 14. The molecule has 0 bridgehead atoms. The van der Waals surface area contributed by atoms with Crippen LogP contribution in [0.15, 0.2) is 121 Å². The maximum atomic E-state index is 12.9. The lowest BCUT2D eigenvalue weighted by molar-refractivity contribution is -0.127. The molecule has 1 N–H and O–H groups in total. The average molecular weight is 506 g/mol. The lowest BCUT2D eigenvalue weighted by Gasteiger charge is -2.35. The molecule has 0 aliphatic rings. The smallest absolute Gasteiger partial charge is 0.224 e. The first-order valence-electron chi connectivity index (χ1n) is 13.4. The van der Waals surface area contributed by atoms with Crippen molar-refractivity contribution in [1.29, 1.82) is 0 Å². The summed E-state index contributed by atoms with van der Waals surface area (Å²) in [4.78, 5) is 25.0. The van der Waals surface area contributed by atoms with Crippen molar-refractivity contribution in [3.8, 4) is 0 Å². The van der Waals surface area contributed by atoms with E-state index >= 15 is 0 Å². The molecular weight excluding hydrogens is 470 g/mol. The quantitative estimate of drug-likeness (QED) is 0.142. The van der Waals surface area contributed by atoms with Gasteiger partial charge in [0.1, 0.15) is 12.2 Å². The van der Waals surface area contributed by atoms with Crippen molar-refractivity contribution >= 4 is 17.4 Å². The van der Waals surface area contributed by atoms with Gasteiger partial charge in [0, 0.05) is 18.5 Å². The molecule has 4 rings (SSSR count). The Morgan fingerprint density at radius 3 is 1.45 bits per heavy atom. The van der Waals surface area contributed by atoms with Crippen molar-refractivity contribution in [2.45, 2.75) is 44.1 Å². The number of anilines is 1. The minimum absolute atomic E-state index is 0.0260. The number of hydrogen-bond donors (Lipinski definition) is 1. The Balaban J connectivity index is 1.32. The van der Waals surface area contributed by atoms with Crippen LogP contribution in [0.3, 0.4) is 0 Å². The van der Waals surface area contributed by atoms with E-state index in [4.69, 9.17) is 4.74 Å². The molecule has 194 valence electrons. The molecular formula is C34H35NO3. The second-order valence-electron chi connectivity index (χ2n) is 9.44. The summed E-state index contributed by atoms with van der Waals surface area (Å²) >= 11 is 0. The van der Waals surface area contributed by atoms with E-state index in [-0.39, 0.29) is 18.3 Å². The van der Waals surface area contributed by atoms with Gasteiger partial charge in [0.2, 0.25) is 5.91 Å². The number of amides is 1. The van der Waals surface area contributed by atoms with Crippen LogP contribution in [-0.4, -0.2) is 18.3 Å². The summed E-state index contributed by atoms with van der Waals surface area (Å²) in [6.45, 7) is 0.0260. The first kappa shape index (κ1) is 27.0. The largest absolute Gasteiger partial charge is 0.353 e. The van der Waals surface area contributed by atoms with Gasteiger partial charge in [-0.25, -0.2) is 0 Å². The number of para-hydroxylation sites is 1. The van der Waals surface area contributed by atoms with Gasteiger partial charge in [-0.15, -0.1) is 0 Å². The van der Waals surface area contributed by atoms with Crippen LogP contribution in [0, 0.1) is 0 Å². The normalized spacial score (nSPS) is 11.2. The predicted octanol–water partition coefficient (Wildman–Crippen LogP) is 7.54. The van der Waals surface area contributed by atoms with Crippen molar-refractivity contribution < 1.29 is 14.3 Å². The molecule has 38 heavy (non-hydrogen) atoms. The van der Waals surface area contributed by atoms with Gasteiger partial charge in [-0.2, -0.15) is 0 Å². The van der Waals surface area contributed by atoms with E-state index in [0.29, 0.717) is 12.8 Å². The van der Waals surface area contributed by atoms with Gasteiger partial charge in [0.05, 0.1) is 0 Å². The molecule has 0 aliphatic carbocycles. The highest BCUT2D eigenvalue weighted by Crippen LogP contribution is 2.40. The van der Waals surface area contributed by atoms with E-state index in [1.54, 1.807) is 0 Å². The van der Waals surface area contributed by atoms with Gasteiger partial charge >= 0.3 is 0 Å². The molecule has 0 radical (unpaired) electrons. The minimum atomic E-state index is -0.883. The highest BCUT2D eigenvalue weighted by molar-refractivity contribution is 5.90. The van der Waals surface area contributed by atoms with Crippen molar-refractivity contribution in [3.05, 3.63) is 138 Å². The third-order valence-corrected chi connectivity index (χ3v) is 6.66. The van der Waals surface area contributed by atoms with E-state index in [9.17, 15) is 9.59 Å². The van der Waals surface area contributed by atoms with Crippen LogP contribution < -0.4 is 5.32 Å². The number of nitrogens with one attached hydrogen (secondary N) is 1. The SMILES string of the molecule is O=C(CCCCCCC(=O)Nc1ccccc1)COC(c1ccccc1)(c1ccccc1)c1ccccc1. The van der Waals surface area contributed by atoms with Crippen molar-refractivity contribution in [3.63, 3.8) is 0 Å². The highest BCUT2D eigenvalue weighted by Gasteiger charge is 2.37. The Morgan fingerprint density at radius 2 is 0.974 bits per heavy atom. The molecule has 0 aliphatic heterocycles. The summed E-state index contributed by atoms with van der Waals surface area (Å²) in [5.74, 6) is 0.110. The number of carbonyl (C=O) groups excluding carboxylic acids is 2. The number of hydrogen-bond acceptors (Lipinski definition) is 3. The van der Waals surface area contributed by atoms with E-state index < -0.39 is 5.60 Å². The molecule has 0 atom stereocenters. The van der Waals surface area contributed by atoms with Gasteiger partial charge < -0.3 is 10.1 Å². The highest BCUT2D eigenvalue weighted by atomic mass is 16.5. The maximum absolute atomic E-state index is 12.9. The number of ketones is 1. The van der Waals surface area contributed by atoms with Crippen LogP contribution in [0.1, 0.15) is 55.2 Å². The molecule has 4 aromatic carbocycles. The second-order valence-corrected chi connectivity index (χ2v) is 9.44. The number of ether oxygens (including phenoxy) is 1. The van der Waals surface area contributed by atoms with E-state index in [1.807, 2.05) is 84.9 Å². The first-order chi connectivity index (χ1) is 18.7. The summed E-state index contributed by atoms with van der Waals surface area (Å²) in [5, 5.41) is 2.91. The Labute approximate surface area is 225 Å². The summed E-state index contributed by atoms with van der Waals surface area (Å²) < 4.78 is 6.61. The van der Waals surface area contributed by atoms with Crippen molar-refractivity contribution in [1.82, 2.24) is 0 Å². The van der Waals surface area contributed by atoms with E-state index in [0.717, 1.165) is 48.1 Å². The standard InChI is InChI=1S/C34H35NO3/c36-32(25-15-1-2-16-26-33(37)35-31-23-13-6-14-24-31)27-38-34(28-17-7-3-8-18-28,29-19-9-4-10-20-29)30-21-11-5-12-22-30/h3-14,17-24H,1-2,15-16,25-27H2,(H,35,37). The molecule has 0 heterocycles.